The third-order valence-electron chi connectivity index (χ3n) is 6.48. The van der Waals surface area contributed by atoms with Crippen molar-refractivity contribution in [2.75, 3.05) is 18.1 Å². The van der Waals surface area contributed by atoms with E-state index in [0.29, 0.717) is 18.1 Å². The minimum absolute atomic E-state index is 0.127. The van der Waals surface area contributed by atoms with Gasteiger partial charge in [-0.25, -0.2) is 9.37 Å². The van der Waals surface area contributed by atoms with Crippen molar-refractivity contribution >= 4 is 22.6 Å². The Kier molecular flexibility index (Phi) is 6.51. The monoisotopic (exact) mass is 473 g/mol. The van der Waals surface area contributed by atoms with Gasteiger partial charge in [-0.15, -0.1) is 0 Å². The second kappa shape index (κ2) is 9.88. The molecule has 1 fully saturated rings. The first kappa shape index (κ1) is 23.1. The molecule has 1 aliphatic heterocycles. The van der Waals surface area contributed by atoms with Crippen molar-refractivity contribution in [3.63, 3.8) is 0 Å². The van der Waals surface area contributed by atoms with Gasteiger partial charge in [0.1, 0.15) is 30.1 Å². The van der Waals surface area contributed by atoms with Gasteiger partial charge >= 0.3 is 0 Å². The van der Waals surface area contributed by atoms with Crippen LogP contribution in [0.15, 0.2) is 72.8 Å². The Labute approximate surface area is 203 Å². The first-order chi connectivity index (χ1) is 17.0. The summed E-state index contributed by atoms with van der Waals surface area (Å²) in [5, 5.41) is 10.8. The molecule has 2 heterocycles. The molecule has 1 aliphatic rings. The maximum Gasteiger partial charge on any atom is 0.227 e. The topological polar surface area (TPSA) is 67.6 Å². The number of hydrogen-bond acceptors (Lipinski definition) is 4. The van der Waals surface area contributed by atoms with Crippen LogP contribution in [0.25, 0.3) is 11.0 Å². The van der Waals surface area contributed by atoms with E-state index in [1.165, 1.54) is 16.5 Å². The van der Waals surface area contributed by atoms with Crippen molar-refractivity contribution in [2.45, 2.75) is 38.3 Å². The number of aliphatic hydroxyl groups is 1. The number of ether oxygens (including phenoxy) is 1. The van der Waals surface area contributed by atoms with E-state index >= 15 is 0 Å². The number of carbonyl (C=O) groups is 1. The van der Waals surface area contributed by atoms with E-state index in [1.54, 1.807) is 18.2 Å². The lowest BCUT2D eigenvalue weighted by Gasteiger charge is -2.19. The number of carbonyl (C=O) groups excluding carboxylic acids is 1. The molecule has 5 rings (SSSR count). The lowest BCUT2D eigenvalue weighted by atomic mass is 10.1. The smallest absolute Gasteiger partial charge is 0.227 e. The predicted molar refractivity (Wildman–Crippen MR) is 133 cm³/mol. The number of aliphatic hydroxyl groups excluding tert-OH is 1. The Morgan fingerprint density at radius 3 is 2.60 bits per heavy atom. The number of aryl methyl sites for hydroxylation is 1. The van der Waals surface area contributed by atoms with Gasteiger partial charge in [-0.2, -0.15) is 0 Å². The first-order valence-corrected chi connectivity index (χ1v) is 11.9. The normalized spacial score (nSPS) is 16.7. The molecule has 0 unspecified atom stereocenters. The van der Waals surface area contributed by atoms with Crippen molar-refractivity contribution in [1.29, 1.82) is 0 Å². The summed E-state index contributed by atoms with van der Waals surface area (Å²) in [6.45, 7) is 2.83. The summed E-state index contributed by atoms with van der Waals surface area (Å²) >= 11 is 0. The van der Waals surface area contributed by atoms with Crippen LogP contribution in [0.2, 0.25) is 0 Å². The zero-order chi connectivity index (χ0) is 24.4. The van der Waals surface area contributed by atoms with E-state index in [9.17, 15) is 14.3 Å². The summed E-state index contributed by atoms with van der Waals surface area (Å²) in [6, 6.07) is 21.9. The first-order valence-electron chi connectivity index (χ1n) is 11.9. The van der Waals surface area contributed by atoms with Gasteiger partial charge in [-0.3, -0.25) is 4.79 Å². The molecule has 0 spiro atoms. The Hall–Kier alpha value is -3.71. The summed E-state index contributed by atoms with van der Waals surface area (Å²) in [5.41, 5.74) is 3.18. The summed E-state index contributed by atoms with van der Waals surface area (Å²) in [4.78, 5) is 19.1. The van der Waals surface area contributed by atoms with Gasteiger partial charge < -0.3 is 19.3 Å². The van der Waals surface area contributed by atoms with E-state index < -0.39 is 11.9 Å². The molecular weight excluding hydrogens is 445 g/mol. The number of halogens is 1. The molecule has 1 saturated heterocycles. The van der Waals surface area contributed by atoms with Crippen molar-refractivity contribution in [1.82, 2.24) is 9.55 Å². The van der Waals surface area contributed by atoms with Gasteiger partial charge in [-0.1, -0.05) is 43.3 Å². The molecule has 180 valence electrons. The Morgan fingerprint density at radius 2 is 1.83 bits per heavy atom. The zero-order valence-corrected chi connectivity index (χ0v) is 19.6. The molecule has 35 heavy (non-hydrogen) atoms. The van der Waals surface area contributed by atoms with Gasteiger partial charge in [-0.05, 0) is 48.4 Å². The average Bonchev–Trinajstić information content (AvgIpc) is 3.44. The van der Waals surface area contributed by atoms with Crippen LogP contribution in [0.1, 0.15) is 30.7 Å². The third-order valence-corrected chi connectivity index (χ3v) is 6.48. The highest BCUT2D eigenvalue weighted by Gasteiger charge is 2.36. The van der Waals surface area contributed by atoms with Crippen LogP contribution < -0.4 is 9.64 Å². The van der Waals surface area contributed by atoms with Gasteiger partial charge in [0, 0.05) is 18.9 Å². The van der Waals surface area contributed by atoms with Gasteiger partial charge in [0.15, 0.2) is 0 Å². The number of rotatable bonds is 8. The summed E-state index contributed by atoms with van der Waals surface area (Å²) in [7, 11) is 0. The molecule has 0 bridgehead atoms. The molecule has 0 radical (unpaired) electrons. The van der Waals surface area contributed by atoms with Crippen LogP contribution in [0.3, 0.4) is 0 Å². The molecule has 0 saturated carbocycles. The quantitative estimate of drug-likeness (QED) is 0.403. The van der Waals surface area contributed by atoms with Crippen molar-refractivity contribution in [3.8, 4) is 5.75 Å². The van der Waals surface area contributed by atoms with Gasteiger partial charge in [0.05, 0.1) is 23.3 Å². The van der Waals surface area contributed by atoms with Gasteiger partial charge in [0.2, 0.25) is 5.91 Å². The fourth-order valence-corrected chi connectivity index (χ4v) is 4.66. The van der Waals surface area contributed by atoms with E-state index in [-0.39, 0.29) is 37.1 Å². The van der Waals surface area contributed by atoms with E-state index in [0.717, 1.165) is 17.5 Å². The van der Waals surface area contributed by atoms with E-state index in [1.807, 2.05) is 53.1 Å². The molecule has 1 aromatic heterocycles. The molecule has 1 N–H and O–H groups in total. The second-order valence-corrected chi connectivity index (χ2v) is 8.89. The Morgan fingerprint density at radius 1 is 1.09 bits per heavy atom. The predicted octanol–water partition coefficient (Wildman–Crippen LogP) is 4.70. The number of aromatic nitrogens is 2. The minimum Gasteiger partial charge on any atom is -0.491 e. The fourth-order valence-electron chi connectivity index (χ4n) is 4.66. The number of fused-ring (bicyclic) bond motifs is 1. The Bertz CT molecular complexity index is 1340. The molecule has 4 aromatic rings. The van der Waals surface area contributed by atoms with Crippen LogP contribution >= 0.6 is 0 Å². The molecule has 3 aromatic carbocycles. The number of imidazole rings is 1. The highest BCUT2D eigenvalue weighted by Crippen LogP contribution is 2.34. The number of anilines is 1. The van der Waals surface area contributed by atoms with Gasteiger partial charge in [0.25, 0.3) is 0 Å². The van der Waals surface area contributed by atoms with Crippen molar-refractivity contribution in [2.24, 2.45) is 0 Å². The number of amides is 1. The maximum absolute atomic E-state index is 14.4. The van der Waals surface area contributed by atoms with E-state index in [4.69, 9.17) is 9.72 Å². The average molecular weight is 474 g/mol. The summed E-state index contributed by atoms with van der Waals surface area (Å²) in [5.74, 6) is 0.639. The molecule has 1 amide bonds. The highest BCUT2D eigenvalue weighted by atomic mass is 19.1. The Balaban J connectivity index is 1.36. The summed E-state index contributed by atoms with van der Waals surface area (Å²) in [6.07, 6.45) is 0.405. The second-order valence-electron chi connectivity index (χ2n) is 8.89. The number of para-hydroxylation sites is 3. The largest absolute Gasteiger partial charge is 0.491 e. The van der Waals surface area contributed by atoms with Crippen LogP contribution in [-0.2, 0) is 17.8 Å². The summed E-state index contributed by atoms with van der Waals surface area (Å²) < 4.78 is 22.1. The maximum atomic E-state index is 14.4. The fraction of sp³-hybridized carbons (Fsp3) is 0.286. The third kappa shape index (κ3) is 4.77. The van der Waals surface area contributed by atoms with Crippen molar-refractivity contribution < 1.29 is 19.0 Å². The standard InChI is InChI=1S/C28H28FN3O3/c1-2-19-11-13-22(14-12-19)35-18-21(33)17-32-26-10-6-4-8-24(26)30-28(32)20-15-27(34)31(16-20)25-9-5-3-7-23(25)29/h3-14,20-21,33H,2,15-18H2,1H3/t20-,21-/m1/s1. The number of benzene rings is 3. The van der Waals surface area contributed by atoms with Crippen LogP contribution in [0.5, 0.6) is 5.75 Å². The van der Waals surface area contributed by atoms with Crippen LogP contribution in [0.4, 0.5) is 10.1 Å². The van der Waals surface area contributed by atoms with Crippen LogP contribution in [-0.4, -0.2) is 39.8 Å². The molecular formula is C28H28FN3O3. The minimum atomic E-state index is -0.781. The molecule has 2 atom stereocenters. The highest BCUT2D eigenvalue weighted by molar-refractivity contribution is 5.96. The van der Waals surface area contributed by atoms with Crippen molar-refractivity contribution in [3.05, 3.63) is 90.0 Å². The lowest BCUT2D eigenvalue weighted by Crippen LogP contribution is -2.27. The van der Waals surface area contributed by atoms with E-state index in [2.05, 4.69) is 6.92 Å². The van der Waals surface area contributed by atoms with Crippen LogP contribution in [0, 0.1) is 5.82 Å². The lowest BCUT2D eigenvalue weighted by molar-refractivity contribution is -0.117. The molecule has 0 aliphatic carbocycles. The number of hydrogen-bond donors (Lipinski definition) is 1. The SMILES string of the molecule is CCc1ccc(OC[C@H](O)Cn2c([C@@H]3CC(=O)N(c4ccccc4F)C3)nc3ccccc32)cc1. The molecule has 6 nitrogen and oxygen atoms in total. The zero-order valence-electron chi connectivity index (χ0n) is 19.6. The number of nitrogens with zero attached hydrogens (tertiary/aromatic N) is 3. The molecule has 7 heteroatoms.